The first-order valence-corrected chi connectivity index (χ1v) is 11.3. The molecule has 180 valence electrons. The third kappa shape index (κ3) is 5.43. The number of ether oxygens (including phenoxy) is 1. The van der Waals surface area contributed by atoms with Crippen LogP contribution in [0.3, 0.4) is 0 Å². The zero-order valence-corrected chi connectivity index (χ0v) is 19.1. The summed E-state index contributed by atoms with van der Waals surface area (Å²) in [5, 5.41) is 23.6. The Bertz CT molecular complexity index is 1190. The van der Waals surface area contributed by atoms with Crippen LogP contribution in [0.15, 0.2) is 72.8 Å². The minimum atomic E-state index is -1.19. The van der Waals surface area contributed by atoms with Crippen LogP contribution in [-0.4, -0.2) is 46.9 Å². The largest absolute Gasteiger partial charge is 0.508 e. The van der Waals surface area contributed by atoms with Crippen LogP contribution >= 0.6 is 0 Å². The highest BCUT2D eigenvalue weighted by Gasteiger charge is 2.30. The monoisotopic (exact) mass is 474 g/mol. The van der Waals surface area contributed by atoms with Crippen LogP contribution in [-0.2, 0) is 20.7 Å². The van der Waals surface area contributed by atoms with Crippen molar-refractivity contribution in [3.63, 3.8) is 0 Å². The molecule has 8 heteroatoms. The molecule has 35 heavy (non-hydrogen) atoms. The minimum absolute atomic E-state index is 0.0683. The normalized spacial score (nSPS) is 13.7. The third-order valence-corrected chi connectivity index (χ3v) is 6.06. The highest BCUT2D eigenvalue weighted by Crippen LogP contribution is 2.44. The Balaban J connectivity index is 1.46. The summed E-state index contributed by atoms with van der Waals surface area (Å²) >= 11 is 0. The summed E-state index contributed by atoms with van der Waals surface area (Å²) in [7, 11) is 0. The molecular weight excluding hydrogens is 448 g/mol. The Morgan fingerprint density at radius 3 is 2.03 bits per heavy atom. The fourth-order valence-corrected chi connectivity index (χ4v) is 4.24. The second-order valence-corrected chi connectivity index (χ2v) is 8.46. The molecule has 0 saturated carbocycles. The standard InChI is InChI=1S/C27H26N2O6/c1-16(26(32)33)28-25(31)24(14-17-10-12-18(30)13-11-17)29-27(34)35-15-23-21-8-4-2-6-19(21)20-7-3-5-9-22(20)23/h2-13,16,23-24,30H,14-15H2,1H3,(H,28,31)(H,29,34)(H,32,33)/t16-,24?/m1/s1. The van der Waals surface area contributed by atoms with Crippen molar-refractivity contribution in [3.05, 3.63) is 89.5 Å². The van der Waals surface area contributed by atoms with Gasteiger partial charge in [-0.15, -0.1) is 0 Å². The van der Waals surface area contributed by atoms with E-state index in [0.717, 1.165) is 22.3 Å². The van der Waals surface area contributed by atoms with E-state index in [9.17, 15) is 19.5 Å². The number of phenols is 1. The van der Waals surface area contributed by atoms with Crippen molar-refractivity contribution in [3.8, 4) is 16.9 Å². The van der Waals surface area contributed by atoms with E-state index in [1.807, 2.05) is 48.5 Å². The molecule has 1 unspecified atom stereocenters. The first-order valence-electron chi connectivity index (χ1n) is 11.3. The summed E-state index contributed by atoms with van der Waals surface area (Å²) in [6, 6.07) is 19.9. The van der Waals surface area contributed by atoms with Gasteiger partial charge in [-0.05, 0) is 46.9 Å². The fourth-order valence-electron chi connectivity index (χ4n) is 4.24. The van der Waals surface area contributed by atoms with Crippen molar-refractivity contribution in [2.75, 3.05) is 6.61 Å². The molecule has 3 aromatic rings. The zero-order chi connectivity index (χ0) is 24.9. The molecule has 1 aliphatic carbocycles. The Hall–Kier alpha value is -4.33. The molecule has 0 aliphatic heterocycles. The number of carboxylic acids is 1. The highest BCUT2D eigenvalue weighted by molar-refractivity contribution is 5.89. The molecule has 4 N–H and O–H groups in total. The predicted molar refractivity (Wildman–Crippen MR) is 129 cm³/mol. The first kappa shape index (κ1) is 23.8. The molecule has 0 radical (unpaired) electrons. The second kappa shape index (κ2) is 10.3. The summed E-state index contributed by atoms with van der Waals surface area (Å²) in [4.78, 5) is 36.7. The fraction of sp³-hybridized carbons (Fsp3) is 0.222. The number of amides is 2. The van der Waals surface area contributed by atoms with Gasteiger partial charge in [-0.2, -0.15) is 0 Å². The van der Waals surface area contributed by atoms with Crippen LogP contribution in [0.1, 0.15) is 29.5 Å². The number of hydrogen-bond acceptors (Lipinski definition) is 5. The van der Waals surface area contributed by atoms with Gasteiger partial charge in [-0.25, -0.2) is 4.79 Å². The van der Waals surface area contributed by atoms with Gasteiger partial charge in [0.15, 0.2) is 0 Å². The number of fused-ring (bicyclic) bond motifs is 3. The van der Waals surface area contributed by atoms with Crippen LogP contribution in [0.25, 0.3) is 11.1 Å². The molecule has 0 fully saturated rings. The lowest BCUT2D eigenvalue weighted by atomic mass is 9.98. The molecule has 0 bridgehead atoms. The zero-order valence-electron chi connectivity index (χ0n) is 19.1. The first-order chi connectivity index (χ1) is 16.8. The topological polar surface area (TPSA) is 125 Å². The molecule has 2 atom stereocenters. The van der Waals surface area contributed by atoms with E-state index in [-0.39, 0.29) is 24.7 Å². The lowest BCUT2D eigenvalue weighted by Gasteiger charge is -2.21. The Kier molecular flexibility index (Phi) is 7.01. The molecule has 3 aromatic carbocycles. The van der Waals surface area contributed by atoms with Crippen LogP contribution in [0.2, 0.25) is 0 Å². The average Bonchev–Trinajstić information content (AvgIpc) is 3.17. The molecular formula is C27H26N2O6. The van der Waals surface area contributed by atoms with Gasteiger partial charge >= 0.3 is 12.1 Å². The SMILES string of the molecule is C[C@@H](NC(=O)C(Cc1ccc(O)cc1)NC(=O)OCC1c2ccccc2-c2ccccc21)C(=O)O. The molecule has 4 rings (SSSR count). The van der Waals surface area contributed by atoms with Gasteiger partial charge in [0, 0.05) is 12.3 Å². The van der Waals surface area contributed by atoms with E-state index in [1.54, 1.807) is 12.1 Å². The van der Waals surface area contributed by atoms with Gasteiger partial charge in [-0.3, -0.25) is 9.59 Å². The number of benzene rings is 3. The van der Waals surface area contributed by atoms with E-state index in [4.69, 9.17) is 9.84 Å². The lowest BCUT2D eigenvalue weighted by molar-refractivity contribution is -0.141. The maximum absolute atomic E-state index is 12.8. The van der Waals surface area contributed by atoms with Crippen LogP contribution in [0, 0.1) is 0 Å². The molecule has 0 saturated heterocycles. The van der Waals surface area contributed by atoms with Crippen molar-refractivity contribution in [1.29, 1.82) is 0 Å². The van der Waals surface area contributed by atoms with E-state index < -0.39 is 30.1 Å². The summed E-state index contributed by atoms with van der Waals surface area (Å²) in [5.41, 5.74) is 5.00. The van der Waals surface area contributed by atoms with Gasteiger partial charge < -0.3 is 25.6 Å². The number of aliphatic carboxylic acids is 1. The lowest BCUT2D eigenvalue weighted by Crippen LogP contribution is -2.51. The van der Waals surface area contributed by atoms with E-state index in [2.05, 4.69) is 10.6 Å². The average molecular weight is 475 g/mol. The number of carbonyl (C=O) groups is 3. The van der Waals surface area contributed by atoms with Crippen LogP contribution in [0.5, 0.6) is 5.75 Å². The number of carbonyl (C=O) groups excluding carboxylic acids is 2. The van der Waals surface area contributed by atoms with Crippen LogP contribution < -0.4 is 10.6 Å². The second-order valence-electron chi connectivity index (χ2n) is 8.46. The number of aromatic hydroxyl groups is 1. The molecule has 0 aromatic heterocycles. The number of nitrogens with one attached hydrogen (secondary N) is 2. The Labute approximate surface area is 202 Å². The molecule has 2 amide bonds. The highest BCUT2D eigenvalue weighted by atomic mass is 16.5. The smallest absolute Gasteiger partial charge is 0.407 e. The molecule has 0 heterocycles. The van der Waals surface area contributed by atoms with Gasteiger partial charge in [0.1, 0.15) is 24.4 Å². The summed E-state index contributed by atoms with van der Waals surface area (Å²) < 4.78 is 5.54. The predicted octanol–water partition coefficient (Wildman–Crippen LogP) is 3.43. The van der Waals surface area contributed by atoms with Gasteiger partial charge in [0.25, 0.3) is 0 Å². The minimum Gasteiger partial charge on any atom is -0.508 e. The van der Waals surface area contributed by atoms with Crippen molar-refractivity contribution in [2.24, 2.45) is 0 Å². The van der Waals surface area contributed by atoms with Gasteiger partial charge in [0.2, 0.25) is 5.91 Å². The van der Waals surface area contributed by atoms with Gasteiger partial charge in [0.05, 0.1) is 0 Å². The van der Waals surface area contributed by atoms with Crippen molar-refractivity contribution in [1.82, 2.24) is 10.6 Å². The number of alkyl carbamates (subject to hydrolysis) is 1. The molecule has 0 spiro atoms. The molecule has 1 aliphatic rings. The number of phenolic OH excluding ortho intramolecular Hbond substituents is 1. The third-order valence-electron chi connectivity index (χ3n) is 6.06. The summed E-state index contributed by atoms with van der Waals surface area (Å²) in [5.74, 6) is -1.91. The molecule has 8 nitrogen and oxygen atoms in total. The summed E-state index contributed by atoms with van der Waals surface area (Å²) in [6.45, 7) is 1.42. The van der Waals surface area contributed by atoms with Crippen molar-refractivity contribution in [2.45, 2.75) is 31.3 Å². The number of hydrogen-bond donors (Lipinski definition) is 4. The summed E-state index contributed by atoms with van der Waals surface area (Å²) in [6.07, 6.45) is -0.698. The van der Waals surface area contributed by atoms with Crippen LogP contribution in [0.4, 0.5) is 4.79 Å². The van der Waals surface area contributed by atoms with E-state index in [0.29, 0.717) is 5.56 Å². The number of rotatable bonds is 8. The maximum atomic E-state index is 12.8. The van der Waals surface area contributed by atoms with E-state index in [1.165, 1.54) is 19.1 Å². The van der Waals surface area contributed by atoms with E-state index >= 15 is 0 Å². The van der Waals surface area contributed by atoms with Crippen molar-refractivity contribution < 1.29 is 29.3 Å². The Morgan fingerprint density at radius 1 is 0.886 bits per heavy atom. The Morgan fingerprint density at radius 2 is 1.46 bits per heavy atom. The van der Waals surface area contributed by atoms with Gasteiger partial charge in [-0.1, -0.05) is 60.7 Å². The van der Waals surface area contributed by atoms with Crippen molar-refractivity contribution >= 4 is 18.0 Å². The maximum Gasteiger partial charge on any atom is 0.407 e. The quantitative estimate of drug-likeness (QED) is 0.396. The number of carboxylic acid groups (broad SMARTS) is 1.